The Morgan fingerprint density at radius 1 is 1.57 bits per heavy atom. The highest BCUT2D eigenvalue weighted by Crippen LogP contribution is 2.25. The average Bonchev–Trinajstić information content (AvgIpc) is 2.43. The first kappa shape index (κ1) is 15.5. The van der Waals surface area contributed by atoms with E-state index in [4.69, 9.17) is 15.7 Å². The average molecular weight is 294 g/mol. The number of anilines is 1. The first-order valence-corrected chi connectivity index (χ1v) is 6.85. The van der Waals surface area contributed by atoms with Crippen LogP contribution >= 0.6 is 0 Å². The van der Waals surface area contributed by atoms with Crippen molar-refractivity contribution in [2.75, 3.05) is 24.6 Å². The van der Waals surface area contributed by atoms with E-state index in [1.54, 1.807) is 12.1 Å². The minimum absolute atomic E-state index is 0.0428. The fourth-order valence-electron chi connectivity index (χ4n) is 2.58. The maximum absolute atomic E-state index is 9.38. The van der Waals surface area contributed by atoms with Crippen molar-refractivity contribution in [3.05, 3.63) is 23.4 Å². The predicted molar refractivity (Wildman–Crippen MR) is 79.7 cm³/mol. The lowest BCUT2D eigenvalue weighted by molar-refractivity contribution is -0.101. The second-order valence-corrected chi connectivity index (χ2v) is 5.90. The van der Waals surface area contributed by atoms with Gasteiger partial charge in [-0.15, -0.1) is 0 Å². The Bertz CT molecular complexity index is 545. The summed E-state index contributed by atoms with van der Waals surface area (Å²) in [5, 5.41) is 21.2. The molecule has 2 rings (SSSR count). The molecule has 0 saturated carbocycles. The Kier molecular flexibility index (Phi) is 4.34. The molecule has 0 aromatic carbocycles. The lowest BCUT2D eigenvalue weighted by atomic mass is 10.0. The summed E-state index contributed by atoms with van der Waals surface area (Å²) < 4.78 is 5.80. The Hall–Kier alpha value is -1.86. The quantitative estimate of drug-likeness (QED) is 0.324. The minimum Gasteiger partial charge on any atom is -0.409 e. The molecule has 7 heteroatoms. The molecular weight excluding hydrogens is 272 g/mol. The molecule has 4 N–H and O–H groups in total. The molecule has 1 unspecified atom stereocenters. The lowest BCUT2D eigenvalue weighted by Crippen LogP contribution is -2.54. The van der Waals surface area contributed by atoms with Crippen LogP contribution < -0.4 is 10.6 Å². The summed E-state index contributed by atoms with van der Waals surface area (Å²) in [5.41, 5.74) is 6.67. The van der Waals surface area contributed by atoms with E-state index in [9.17, 15) is 5.11 Å². The number of aryl methyl sites for hydroxylation is 1. The zero-order valence-corrected chi connectivity index (χ0v) is 12.6. The Morgan fingerprint density at radius 2 is 2.29 bits per heavy atom. The van der Waals surface area contributed by atoms with E-state index >= 15 is 0 Å². The second-order valence-electron chi connectivity index (χ2n) is 5.90. The number of hydrogen-bond donors (Lipinski definition) is 3. The standard InChI is InChI=1S/C14H22N4O3/c1-9-4-10(13(15)17-20)5-12(16-9)18-6-11(7-19)21-14(2,3)8-18/h4-5,11,19-20H,6-8H2,1-3H3,(H2,15,17). The number of pyridine rings is 1. The van der Waals surface area contributed by atoms with Crippen LogP contribution in [-0.4, -0.2) is 52.5 Å². The zero-order chi connectivity index (χ0) is 15.6. The smallest absolute Gasteiger partial charge is 0.170 e. The number of amidine groups is 1. The number of rotatable bonds is 3. The van der Waals surface area contributed by atoms with Gasteiger partial charge in [0.05, 0.1) is 18.3 Å². The molecule has 1 aromatic rings. The van der Waals surface area contributed by atoms with Crippen molar-refractivity contribution in [1.82, 2.24) is 4.98 Å². The van der Waals surface area contributed by atoms with E-state index in [2.05, 4.69) is 10.1 Å². The van der Waals surface area contributed by atoms with Gasteiger partial charge in [0, 0.05) is 24.3 Å². The minimum atomic E-state index is -0.381. The highest BCUT2D eigenvalue weighted by Gasteiger charge is 2.33. The van der Waals surface area contributed by atoms with Gasteiger partial charge in [0.25, 0.3) is 0 Å². The van der Waals surface area contributed by atoms with Crippen molar-refractivity contribution in [3.8, 4) is 0 Å². The largest absolute Gasteiger partial charge is 0.409 e. The maximum atomic E-state index is 9.38. The van der Waals surface area contributed by atoms with Crippen molar-refractivity contribution >= 4 is 11.7 Å². The first-order chi connectivity index (χ1) is 9.84. The Morgan fingerprint density at radius 3 is 2.90 bits per heavy atom. The third kappa shape index (κ3) is 3.62. The fraction of sp³-hybridized carbons (Fsp3) is 0.571. The van der Waals surface area contributed by atoms with Crippen molar-refractivity contribution in [2.45, 2.75) is 32.5 Å². The molecule has 1 aromatic heterocycles. The van der Waals surface area contributed by atoms with E-state index in [1.165, 1.54) is 0 Å². The molecule has 0 amide bonds. The fourth-order valence-corrected chi connectivity index (χ4v) is 2.58. The van der Waals surface area contributed by atoms with Gasteiger partial charge in [-0.1, -0.05) is 5.16 Å². The number of morpholine rings is 1. The number of hydrogen-bond acceptors (Lipinski definition) is 6. The number of nitrogens with zero attached hydrogens (tertiary/aromatic N) is 3. The second kappa shape index (κ2) is 5.87. The molecule has 7 nitrogen and oxygen atoms in total. The van der Waals surface area contributed by atoms with Crippen molar-refractivity contribution in [2.24, 2.45) is 10.9 Å². The molecule has 1 atom stereocenters. The maximum Gasteiger partial charge on any atom is 0.170 e. The Balaban J connectivity index is 2.34. The molecule has 21 heavy (non-hydrogen) atoms. The van der Waals surface area contributed by atoms with Crippen LogP contribution in [0.15, 0.2) is 17.3 Å². The van der Waals surface area contributed by atoms with E-state index < -0.39 is 0 Å². The third-order valence-corrected chi connectivity index (χ3v) is 3.35. The summed E-state index contributed by atoms with van der Waals surface area (Å²) >= 11 is 0. The number of oxime groups is 1. The number of aromatic nitrogens is 1. The number of ether oxygens (including phenoxy) is 1. The van der Waals surface area contributed by atoms with Crippen molar-refractivity contribution in [3.63, 3.8) is 0 Å². The molecule has 1 aliphatic rings. The molecule has 1 fully saturated rings. The summed E-state index contributed by atoms with van der Waals surface area (Å²) in [6, 6.07) is 3.53. The highest BCUT2D eigenvalue weighted by molar-refractivity contribution is 5.97. The molecule has 0 aliphatic carbocycles. The van der Waals surface area contributed by atoms with Crippen LogP contribution in [0.5, 0.6) is 0 Å². The zero-order valence-electron chi connectivity index (χ0n) is 12.6. The molecule has 116 valence electrons. The van der Waals surface area contributed by atoms with Gasteiger partial charge in [-0.3, -0.25) is 0 Å². The summed E-state index contributed by atoms with van der Waals surface area (Å²) in [6.45, 7) is 6.96. The molecule has 1 aliphatic heterocycles. The highest BCUT2D eigenvalue weighted by atomic mass is 16.5. The van der Waals surface area contributed by atoms with Crippen LogP contribution in [0.3, 0.4) is 0 Å². The third-order valence-electron chi connectivity index (χ3n) is 3.35. The van der Waals surface area contributed by atoms with Gasteiger partial charge in [-0.05, 0) is 32.9 Å². The summed E-state index contributed by atoms with van der Waals surface area (Å²) in [6.07, 6.45) is -0.261. The summed E-state index contributed by atoms with van der Waals surface area (Å²) in [7, 11) is 0. The van der Waals surface area contributed by atoms with Gasteiger partial charge in [0.1, 0.15) is 5.82 Å². The van der Waals surface area contributed by atoms with E-state index in [0.29, 0.717) is 18.7 Å². The SMILES string of the molecule is Cc1cc(/C(N)=N/O)cc(N2CC(CO)OC(C)(C)C2)n1. The number of aliphatic hydroxyl groups excluding tert-OH is 1. The van der Waals surface area contributed by atoms with Gasteiger partial charge < -0.3 is 25.7 Å². The lowest BCUT2D eigenvalue weighted by Gasteiger charge is -2.43. The monoisotopic (exact) mass is 294 g/mol. The summed E-state index contributed by atoms with van der Waals surface area (Å²) in [5.74, 6) is 0.777. The predicted octanol–water partition coefficient (Wildman–Crippen LogP) is 0.461. The van der Waals surface area contributed by atoms with Crippen LogP contribution in [0.1, 0.15) is 25.1 Å². The van der Waals surface area contributed by atoms with Crippen LogP contribution in [0.25, 0.3) is 0 Å². The molecule has 0 spiro atoms. The van der Waals surface area contributed by atoms with E-state index in [1.807, 2.05) is 25.7 Å². The topological polar surface area (TPSA) is 104 Å². The number of aliphatic hydroxyl groups is 1. The van der Waals surface area contributed by atoms with E-state index in [0.717, 1.165) is 11.5 Å². The van der Waals surface area contributed by atoms with Gasteiger partial charge in [-0.25, -0.2) is 4.98 Å². The van der Waals surface area contributed by atoms with Crippen LogP contribution in [0.4, 0.5) is 5.82 Å². The van der Waals surface area contributed by atoms with Gasteiger partial charge >= 0.3 is 0 Å². The molecule has 0 radical (unpaired) electrons. The number of nitrogens with two attached hydrogens (primary N) is 1. The van der Waals surface area contributed by atoms with Gasteiger partial charge in [0.2, 0.25) is 0 Å². The molecule has 1 saturated heterocycles. The van der Waals surface area contributed by atoms with E-state index in [-0.39, 0.29) is 24.1 Å². The summed E-state index contributed by atoms with van der Waals surface area (Å²) in [4.78, 5) is 6.55. The van der Waals surface area contributed by atoms with Crippen LogP contribution in [-0.2, 0) is 4.74 Å². The first-order valence-electron chi connectivity index (χ1n) is 6.85. The Labute approximate surface area is 124 Å². The molecular formula is C14H22N4O3. The van der Waals surface area contributed by atoms with Crippen molar-refractivity contribution < 1.29 is 15.1 Å². The van der Waals surface area contributed by atoms with Gasteiger partial charge in [-0.2, -0.15) is 0 Å². The van der Waals surface area contributed by atoms with Crippen LogP contribution in [0, 0.1) is 6.92 Å². The van der Waals surface area contributed by atoms with Crippen molar-refractivity contribution in [1.29, 1.82) is 0 Å². The molecule has 2 heterocycles. The normalized spacial score (nSPS) is 22.4. The van der Waals surface area contributed by atoms with Crippen LogP contribution in [0.2, 0.25) is 0 Å². The van der Waals surface area contributed by atoms with Gasteiger partial charge in [0.15, 0.2) is 5.84 Å². The molecule has 0 bridgehead atoms.